The number of nitrogens with zero attached hydrogens (tertiary/aromatic N) is 4. The fourth-order valence-electron chi connectivity index (χ4n) is 1.95. The lowest BCUT2D eigenvalue weighted by atomic mass is 10.3. The largest absolute Gasteiger partial charge is 0.383 e. The number of hydrogen-bond acceptors (Lipinski definition) is 5. The van der Waals surface area contributed by atoms with Crippen molar-refractivity contribution in [3.05, 3.63) is 42.2 Å². The lowest BCUT2D eigenvalue weighted by Crippen LogP contribution is -2.36. The van der Waals surface area contributed by atoms with E-state index in [1.165, 1.54) is 0 Å². The second kappa shape index (κ2) is 8.26. The number of amides is 1. The number of benzene rings is 1. The molecule has 1 aromatic heterocycles. The molecule has 0 radical (unpaired) electrons. The van der Waals surface area contributed by atoms with Gasteiger partial charge < -0.3 is 14.4 Å². The summed E-state index contributed by atoms with van der Waals surface area (Å²) in [6.07, 6.45) is 1.63. The third-order valence-electron chi connectivity index (χ3n) is 3.15. The first-order valence-electron chi connectivity index (χ1n) is 7.01. The molecule has 0 fully saturated rings. The molecular weight excluding hydrogens is 284 g/mol. The molecule has 0 aliphatic heterocycles. The van der Waals surface area contributed by atoms with Crippen molar-refractivity contribution in [2.24, 2.45) is 0 Å². The topological polar surface area (TPSA) is 69.5 Å². The van der Waals surface area contributed by atoms with E-state index in [9.17, 15) is 4.79 Å². The Kier molecular flexibility index (Phi) is 6.05. The minimum Gasteiger partial charge on any atom is -0.383 e. The van der Waals surface area contributed by atoms with Crippen LogP contribution in [0.15, 0.2) is 36.5 Å². The van der Waals surface area contributed by atoms with E-state index < -0.39 is 0 Å². The maximum Gasteiger partial charge on any atom is 0.276 e. The van der Waals surface area contributed by atoms with E-state index in [0.717, 1.165) is 5.69 Å². The zero-order chi connectivity index (χ0) is 15.8. The molecule has 2 rings (SSSR count). The van der Waals surface area contributed by atoms with E-state index in [4.69, 9.17) is 9.47 Å². The van der Waals surface area contributed by atoms with Crippen LogP contribution in [0.3, 0.4) is 0 Å². The van der Waals surface area contributed by atoms with Crippen molar-refractivity contribution in [1.29, 1.82) is 0 Å². The van der Waals surface area contributed by atoms with Crippen molar-refractivity contribution in [1.82, 2.24) is 19.9 Å². The lowest BCUT2D eigenvalue weighted by Gasteiger charge is -2.20. The number of carbonyl (C=O) groups excluding carboxylic acids is 1. The summed E-state index contributed by atoms with van der Waals surface area (Å²) in [4.78, 5) is 14.1. The number of rotatable bonds is 8. The number of hydrogen-bond donors (Lipinski definition) is 0. The molecule has 0 aliphatic carbocycles. The first-order valence-corrected chi connectivity index (χ1v) is 7.01. The van der Waals surface area contributed by atoms with Gasteiger partial charge in [0.2, 0.25) is 0 Å². The first kappa shape index (κ1) is 16.1. The van der Waals surface area contributed by atoms with Crippen LogP contribution in [0, 0.1) is 0 Å². The summed E-state index contributed by atoms with van der Waals surface area (Å²) < 4.78 is 11.7. The van der Waals surface area contributed by atoms with Crippen LogP contribution in [0.4, 0.5) is 0 Å². The van der Waals surface area contributed by atoms with Crippen molar-refractivity contribution >= 4 is 5.91 Å². The molecule has 0 saturated carbocycles. The second-order valence-corrected chi connectivity index (χ2v) is 4.66. The molecule has 0 N–H and O–H groups in total. The molecule has 0 spiro atoms. The standard InChI is InChI=1S/C15H20N4O3/c1-21-10-8-18(9-11-22-2)15(20)14-12-19(17-16-14)13-6-4-3-5-7-13/h3-7,12H,8-11H2,1-2H3. The highest BCUT2D eigenvalue weighted by Gasteiger charge is 2.19. The van der Waals surface area contributed by atoms with Crippen LogP contribution in [-0.4, -0.2) is 66.3 Å². The monoisotopic (exact) mass is 304 g/mol. The maximum atomic E-state index is 12.5. The zero-order valence-electron chi connectivity index (χ0n) is 12.8. The average molecular weight is 304 g/mol. The van der Waals surface area contributed by atoms with Gasteiger partial charge in [-0.15, -0.1) is 5.10 Å². The van der Waals surface area contributed by atoms with E-state index in [1.807, 2.05) is 30.3 Å². The van der Waals surface area contributed by atoms with Gasteiger partial charge in [-0.05, 0) is 12.1 Å². The summed E-state index contributed by atoms with van der Waals surface area (Å²) in [5.41, 5.74) is 1.16. The molecule has 0 bridgehead atoms. The lowest BCUT2D eigenvalue weighted by molar-refractivity contribution is 0.0621. The van der Waals surface area contributed by atoms with Crippen LogP contribution in [0.1, 0.15) is 10.5 Å². The molecule has 1 aromatic carbocycles. The Labute approximate surface area is 129 Å². The van der Waals surface area contributed by atoms with Crippen LogP contribution in [0.2, 0.25) is 0 Å². The first-order chi connectivity index (χ1) is 10.8. The number of carbonyl (C=O) groups is 1. The van der Waals surface area contributed by atoms with E-state index in [2.05, 4.69) is 10.3 Å². The smallest absolute Gasteiger partial charge is 0.276 e. The Bertz CT molecular complexity index is 577. The van der Waals surface area contributed by atoms with Gasteiger partial charge in [-0.1, -0.05) is 23.4 Å². The molecule has 118 valence electrons. The molecule has 0 unspecified atom stereocenters. The van der Waals surface area contributed by atoms with Crippen LogP contribution in [0.25, 0.3) is 5.69 Å². The van der Waals surface area contributed by atoms with Crippen LogP contribution in [0.5, 0.6) is 0 Å². The maximum absolute atomic E-state index is 12.5. The summed E-state index contributed by atoms with van der Waals surface area (Å²) in [5.74, 6) is -0.184. The van der Waals surface area contributed by atoms with Crippen molar-refractivity contribution in [2.75, 3.05) is 40.5 Å². The number of methoxy groups -OCH3 is 2. The Morgan fingerprint density at radius 2 is 1.77 bits per heavy atom. The molecule has 0 saturated heterocycles. The van der Waals surface area contributed by atoms with Gasteiger partial charge >= 0.3 is 0 Å². The van der Waals surface area contributed by atoms with Crippen molar-refractivity contribution in [3.63, 3.8) is 0 Å². The van der Waals surface area contributed by atoms with Gasteiger partial charge in [0.15, 0.2) is 5.69 Å². The van der Waals surface area contributed by atoms with Gasteiger partial charge in [-0.3, -0.25) is 4.79 Å². The Morgan fingerprint density at radius 1 is 1.14 bits per heavy atom. The van der Waals surface area contributed by atoms with Gasteiger partial charge in [0.1, 0.15) is 0 Å². The average Bonchev–Trinajstić information content (AvgIpc) is 3.05. The van der Waals surface area contributed by atoms with E-state index >= 15 is 0 Å². The minimum absolute atomic E-state index is 0.184. The molecule has 2 aromatic rings. The summed E-state index contributed by atoms with van der Waals surface area (Å²) in [5, 5.41) is 7.98. The minimum atomic E-state index is -0.184. The summed E-state index contributed by atoms with van der Waals surface area (Å²) >= 11 is 0. The molecule has 7 nitrogen and oxygen atoms in total. The summed E-state index contributed by atoms with van der Waals surface area (Å²) in [6, 6.07) is 9.53. The molecule has 1 amide bonds. The van der Waals surface area contributed by atoms with Crippen LogP contribution >= 0.6 is 0 Å². The Morgan fingerprint density at radius 3 is 2.36 bits per heavy atom. The van der Waals surface area contributed by atoms with E-state index in [-0.39, 0.29) is 5.91 Å². The van der Waals surface area contributed by atoms with Crippen LogP contribution in [-0.2, 0) is 9.47 Å². The van der Waals surface area contributed by atoms with Crippen molar-refractivity contribution in [2.45, 2.75) is 0 Å². The molecule has 7 heteroatoms. The fraction of sp³-hybridized carbons (Fsp3) is 0.400. The predicted molar refractivity (Wildman–Crippen MR) is 81.0 cm³/mol. The van der Waals surface area contributed by atoms with Gasteiger partial charge in [-0.2, -0.15) is 0 Å². The number of para-hydroxylation sites is 1. The summed E-state index contributed by atoms with van der Waals surface area (Å²) in [7, 11) is 3.20. The van der Waals surface area contributed by atoms with Gasteiger partial charge in [0, 0.05) is 27.3 Å². The quantitative estimate of drug-likeness (QED) is 0.728. The van der Waals surface area contributed by atoms with Gasteiger partial charge in [0.25, 0.3) is 5.91 Å². The molecular formula is C15H20N4O3. The third-order valence-corrected chi connectivity index (χ3v) is 3.15. The van der Waals surface area contributed by atoms with E-state index in [0.29, 0.717) is 32.0 Å². The highest BCUT2D eigenvalue weighted by Crippen LogP contribution is 2.07. The summed E-state index contributed by atoms with van der Waals surface area (Å²) in [6.45, 7) is 1.89. The highest BCUT2D eigenvalue weighted by atomic mass is 16.5. The molecule has 1 heterocycles. The van der Waals surface area contributed by atoms with Gasteiger partial charge in [0.05, 0.1) is 25.1 Å². The van der Waals surface area contributed by atoms with Crippen LogP contribution < -0.4 is 0 Å². The zero-order valence-corrected chi connectivity index (χ0v) is 12.8. The normalized spacial score (nSPS) is 10.6. The highest BCUT2D eigenvalue weighted by molar-refractivity contribution is 5.92. The third kappa shape index (κ3) is 4.12. The second-order valence-electron chi connectivity index (χ2n) is 4.66. The van der Waals surface area contributed by atoms with Crippen molar-refractivity contribution < 1.29 is 14.3 Å². The van der Waals surface area contributed by atoms with E-state index in [1.54, 1.807) is 30.0 Å². The van der Waals surface area contributed by atoms with Gasteiger partial charge in [-0.25, -0.2) is 4.68 Å². The Balaban J connectivity index is 2.11. The molecule has 0 atom stereocenters. The number of aromatic nitrogens is 3. The number of ether oxygens (including phenoxy) is 2. The fourth-order valence-corrected chi connectivity index (χ4v) is 1.95. The predicted octanol–water partition coefficient (Wildman–Crippen LogP) is 1.00. The van der Waals surface area contributed by atoms with Crippen molar-refractivity contribution in [3.8, 4) is 5.69 Å². The Hall–Kier alpha value is -2.25. The molecule has 0 aliphatic rings. The SMILES string of the molecule is COCCN(CCOC)C(=O)c1cn(-c2ccccc2)nn1. The molecule has 22 heavy (non-hydrogen) atoms.